The lowest BCUT2D eigenvalue weighted by Gasteiger charge is -2.11. The zero-order valence-corrected chi connectivity index (χ0v) is 14.0. The normalized spacial score (nSPS) is 15.2. The van der Waals surface area contributed by atoms with Gasteiger partial charge in [0.25, 0.3) is 5.56 Å². The summed E-state index contributed by atoms with van der Waals surface area (Å²) in [6.07, 6.45) is -5.71. The third kappa shape index (κ3) is 3.41. The van der Waals surface area contributed by atoms with Crippen LogP contribution in [0.3, 0.4) is 0 Å². The lowest BCUT2D eigenvalue weighted by Crippen LogP contribution is -2.39. The van der Waals surface area contributed by atoms with Gasteiger partial charge in [-0.05, 0) is 6.07 Å². The molecule has 2 aromatic rings. The topological polar surface area (TPSA) is 76.3 Å². The SMILES string of the molecule is Cn1c(=O)n(CCC(F)(F)F)c(=O)c2cc(CN3CCNC3=O)sc21. The maximum atomic E-state index is 12.4. The van der Waals surface area contributed by atoms with Crippen LogP contribution in [0.15, 0.2) is 15.7 Å². The predicted octanol–water partition coefficient (Wildman–Crippen LogP) is 1.24. The van der Waals surface area contributed by atoms with Crippen LogP contribution in [-0.4, -0.2) is 39.3 Å². The number of amides is 2. The Hall–Kier alpha value is -2.30. The minimum Gasteiger partial charge on any atom is -0.336 e. The van der Waals surface area contributed by atoms with Crippen LogP contribution in [-0.2, 0) is 20.1 Å². The number of carbonyl (C=O) groups excluding carboxylic acids is 1. The molecule has 1 fully saturated rings. The van der Waals surface area contributed by atoms with Crippen molar-refractivity contribution in [1.29, 1.82) is 0 Å². The number of rotatable bonds is 4. The maximum absolute atomic E-state index is 12.4. The van der Waals surface area contributed by atoms with Crippen LogP contribution in [0, 0.1) is 0 Å². The molecule has 0 radical (unpaired) electrons. The molecule has 0 spiro atoms. The Morgan fingerprint density at radius 2 is 2.00 bits per heavy atom. The molecule has 7 nitrogen and oxygen atoms in total. The smallest absolute Gasteiger partial charge is 0.336 e. The van der Waals surface area contributed by atoms with Crippen LogP contribution >= 0.6 is 11.3 Å². The number of halogens is 3. The highest BCUT2D eigenvalue weighted by Crippen LogP contribution is 2.24. The summed E-state index contributed by atoms with van der Waals surface area (Å²) in [5.74, 6) is 0. The lowest BCUT2D eigenvalue weighted by molar-refractivity contribution is -0.137. The van der Waals surface area contributed by atoms with E-state index in [1.165, 1.54) is 29.0 Å². The minimum atomic E-state index is -4.46. The first-order valence-corrected chi connectivity index (χ1v) is 8.31. The van der Waals surface area contributed by atoms with Crippen molar-refractivity contribution in [2.24, 2.45) is 7.05 Å². The molecule has 0 saturated carbocycles. The van der Waals surface area contributed by atoms with Crippen molar-refractivity contribution < 1.29 is 18.0 Å². The van der Waals surface area contributed by atoms with Gasteiger partial charge in [-0.3, -0.25) is 13.9 Å². The van der Waals surface area contributed by atoms with Gasteiger partial charge in [-0.2, -0.15) is 13.2 Å². The first-order valence-electron chi connectivity index (χ1n) is 7.49. The summed E-state index contributed by atoms with van der Waals surface area (Å²) in [6, 6.07) is 1.33. The van der Waals surface area contributed by atoms with Gasteiger partial charge in [0.05, 0.1) is 18.4 Å². The summed E-state index contributed by atoms with van der Waals surface area (Å²) in [4.78, 5) is 38.9. The lowest BCUT2D eigenvalue weighted by atomic mass is 10.3. The van der Waals surface area contributed by atoms with E-state index in [1.807, 2.05) is 0 Å². The first-order chi connectivity index (χ1) is 11.7. The van der Waals surface area contributed by atoms with Crippen LogP contribution in [0.4, 0.5) is 18.0 Å². The van der Waals surface area contributed by atoms with Gasteiger partial charge in [0.2, 0.25) is 0 Å². The van der Waals surface area contributed by atoms with Crippen LogP contribution in [0.5, 0.6) is 0 Å². The number of carbonyl (C=O) groups is 1. The van der Waals surface area contributed by atoms with Gasteiger partial charge in [-0.25, -0.2) is 9.59 Å². The Labute approximate surface area is 143 Å². The third-order valence-electron chi connectivity index (χ3n) is 3.97. The number of nitrogens with zero attached hydrogens (tertiary/aromatic N) is 3. The highest BCUT2D eigenvalue weighted by Gasteiger charge is 2.28. The van der Waals surface area contributed by atoms with Crippen molar-refractivity contribution >= 4 is 27.6 Å². The Kier molecular flexibility index (Phi) is 4.35. The second-order valence-electron chi connectivity index (χ2n) is 5.75. The fraction of sp³-hybridized carbons (Fsp3) is 0.500. The van der Waals surface area contributed by atoms with Crippen molar-refractivity contribution in [2.45, 2.75) is 25.7 Å². The molecule has 25 heavy (non-hydrogen) atoms. The van der Waals surface area contributed by atoms with Crippen LogP contribution in [0.1, 0.15) is 11.3 Å². The fourth-order valence-electron chi connectivity index (χ4n) is 2.70. The summed E-state index contributed by atoms with van der Waals surface area (Å²) in [7, 11) is 1.41. The number of urea groups is 1. The average molecular weight is 376 g/mol. The van der Waals surface area contributed by atoms with E-state index < -0.39 is 30.4 Å². The zero-order valence-electron chi connectivity index (χ0n) is 13.2. The van der Waals surface area contributed by atoms with Crippen molar-refractivity contribution in [3.63, 3.8) is 0 Å². The first kappa shape index (κ1) is 17.5. The number of aryl methyl sites for hydroxylation is 1. The molecule has 0 unspecified atom stereocenters. The van der Waals surface area contributed by atoms with Gasteiger partial charge >= 0.3 is 17.9 Å². The van der Waals surface area contributed by atoms with Crippen molar-refractivity contribution in [1.82, 2.24) is 19.4 Å². The molecule has 1 aliphatic heterocycles. The van der Waals surface area contributed by atoms with Crippen molar-refractivity contribution in [3.8, 4) is 0 Å². The van der Waals surface area contributed by atoms with Crippen LogP contribution < -0.4 is 16.6 Å². The summed E-state index contributed by atoms with van der Waals surface area (Å²) >= 11 is 1.18. The second kappa shape index (κ2) is 6.21. The number of hydrogen-bond acceptors (Lipinski definition) is 4. The number of nitrogens with one attached hydrogen (secondary N) is 1. The molecule has 2 amide bonds. The predicted molar refractivity (Wildman–Crippen MR) is 85.8 cm³/mol. The summed E-state index contributed by atoms with van der Waals surface area (Å²) < 4.78 is 39.0. The third-order valence-corrected chi connectivity index (χ3v) is 5.17. The van der Waals surface area contributed by atoms with E-state index in [9.17, 15) is 27.6 Å². The van der Waals surface area contributed by atoms with Crippen molar-refractivity contribution in [2.75, 3.05) is 13.1 Å². The molecule has 0 aliphatic carbocycles. The van der Waals surface area contributed by atoms with Gasteiger partial charge < -0.3 is 10.2 Å². The molecule has 1 aliphatic rings. The van der Waals surface area contributed by atoms with Crippen molar-refractivity contribution in [3.05, 3.63) is 31.8 Å². The molecule has 0 aromatic carbocycles. The van der Waals surface area contributed by atoms with Gasteiger partial charge in [0.15, 0.2) is 0 Å². The monoisotopic (exact) mass is 376 g/mol. The number of thiophene rings is 1. The molecular weight excluding hydrogens is 361 g/mol. The Morgan fingerprint density at radius 3 is 2.60 bits per heavy atom. The van der Waals surface area contributed by atoms with E-state index >= 15 is 0 Å². The molecule has 0 atom stereocenters. The molecular formula is C14H15F3N4O3S. The zero-order chi connectivity index (χ0) is 18.4. The Bertz CT molecular complexity index is 944. The summed E-state index contributed by atoms with van der Waals surface area (Å²) in [6.45, 7) is 0.625. The number of alkyl halides is 3. The summed E-state index contributed by atoms with van der Waals surface area (Å²) in [5, 5.41) is 2.84. The fourth-order valence-corrected chi connectivity index (χ4v) is 3.81. The molecule has 11 heteroatoms. The second-order valence-corrected chi connectivity index (χ2v) is 6.86. The number of hydrogen-bond donors (Lipinski definition) is 1. The molecule has 3 heterocycles. The highest BCUT2D eigenvalue weighted by atomic mass is 32.1. The summed E-state index contributed by atoms with van der Waals surface area (Å²) in [5.41, 5.74) is -1.52. The molecule has 3 rings (SSSR count). The van der Waals surface area contributed by atoms with Gasteiger partial charge in [-0.1, -0.05) is 0 Å². The van der Waals surface area contributed by atoms with E-state index in [0.29, 0.717) is 27.4 Å². The highest BCUT2D eigenvalue weighted by molar-refractivity contribution is 7.18. The maximum Gasteiger partial charge on any atom is 0.390 e. The van der Waals surface area contributed by atoms with Gasteiger partial charge in [-0.15, -0.1) is 11.3 Å². The number of aromatic nitrogens is 2. The van der Waals surface area contributed by atoms with E-state index in [1.54, 1.807) is 4.90 Å². The average Bonchev–Trinajstić information content (AvgIpc) is 3.11. The Morgan fingerprint density at radius 1 is 1.28 bits per heavy atom. The van der Waals surface area contributed by atoms with E-state index in [-0.39, 0.29) is 18.0 Å². The van der Waals surface area contributed by atoms with Crippen LogP contribution in [0.25, 0.3) is 10.2 Å². The Balaban J connectivity index is 2.00. The van der Waals surface area contributed by atoms with Gasteiger partial charge in [0.1, 0.15) is 4.83 Å². The standard InChI is InChI=1S/C14H15F3N4O3S/c1-19-11-9(6-8(25-11)7-20-5-3-18-12(20)23)10(22)21(13(19)24)4-2-14(15,16)17/h6H,2-5,7H2,1H3,(H,18,23). The van der Waals surface area contributed by atoms with Crippen LogP contribution in [0.2, 0.25) is 0 Å². The minimum absolute atomic E-state index is 0.184. The molecule has 1 saturated heterocycles. The van der Waals surface area contributed by atoms with E-state index in [4.69, 9.17) is 0 Å². The quantitative estimate of drug-likeness (QED) is 0.872. The number of fused-ring (bicyclic) bond motifs is 1. The molecule has 0 bridgehead atoms. The van der Waals surface area contributed by atoms with E-state index in [2.05, 4.69) is 5.32 Å². The molecule has 2 aromatic heterocycles. The van der Waals surface area contributed by atoms with Gasteiger partial charge in [0, 0.05) is 31.6 Å². The largest absolute Gasteiger partial charge is 0.390 e. The molecule has 136 valence electrons. The molecule has 1 N–H and O–H groups in total. The van der Waals surface area contributed by atoms with E-state index in [0.717, 1.165) is 0 Å².